The third kappa shape index (κ3) is 4.77. The van der Waals surface area contributed by atoms with Crippen molar-refractivity contribution in [1.29, 1.82) is 5.26 Å². The highest BCUT2D eigenvalue weighted by Gasteiger charge is 2.42. The first-order chi connectivity index (χ1) is 10.2. The summed E-state index contributed by atoms with van der Waals surface area (Å²) in [6.07, 6.45) is -4.80. The largest absolute Gasteiger partial charge is 0.412 e. The summed E-state index contributed by atoms with van der Waals surface area (Å²) in [5.74, 6) is -0.858. The number of alkyl halides is 3. The molecule has 1 rings (SSSR count). The number of nitrogens with zero attached hydrogens (tertiary/aromatic N) is 2. The van der Waals surface area contributed by atoms with Crippen molar-refractivity contribution >= 4 is 17.6 Å². The quantitative estimate of drug-likeness (QED) is 0.853. The van der Waals surface area contributed by atoms with Crippen LogP contribution in [0.5, 0.6) is 0 Å². The summed E-state index contributed by atoms with van der Waals surface area (Å²) < 4.78 is 52.3. The van der Waals surface area contributed by atoms with Crippen LogP contribution in [0, 0.1) is 17.1 Å². The Morgan fingerprint density at radius 3 is 2.64 bits per heavy atom. The first kappa shape index (κ1) is 18.0. The summed E-state index contributed by atoms with van der Waals surface area (Å²) in [7, 11) is 1.26. The molecule has 4 nitrogen and oxygen atoms in total. The van der Waals surface area contributed by atoms with Crippen LogP contribution in [0.4, 0.5) is 22.4 Å². The highest BCUT2D eigenvalue weighted by atomic mass is 35.5. The van der Waals surface area contributed by atoms with Gasteiger partial charge < -0.3 is 10.2 Å². The van der Waals surface area contributed by atoms with Crippen molar-refractivity contribution in [2.75, 3.05) is 13.6 Å². The maximum Gasteiger partial charge on any atom is 0.412 e. The molecule has 0 aliphatic rings. The fraction of sp³-hybridized carbons (Fsp3) is 0.385. The molecule has 120 valence electrons. The lowest BCUT2D eigenvalue weighted by Gasteiger charge is -2.25. The molecule has 2 amide bonds. The zero-order valence-corrected chi connectivity index (χ0v) is 12.2. The predicted octanol–water partition coefficient (Wildman–Crippen LogP) is 3.64. The molecule has 0 bridgehead atoms. The molecule has 0 saturated heterocycles. The van der Waals surface area contributed by atoms with Crippen molar-refractivity contribution in [3.8, 4) is 6.07 Å². The number of nitrogens with one attached hydrogen (secondary N) is 1. The lowest BCUT2D eigenvalue weighted by molar-refractivity contribution is -0.155. The molecule has 9 heteroatoms. The number of halogens is 5. The van der Waals surface area contributed by atoms with Crippen molar-refractivity contribution in [1.82, 2.24) is 10.2 Å². The van der Waals surface area contributed by atoms with Crippen LogP contribution in [-0.4, -0.2) is 30.7 Å². The third-order valence-electron chi connectivity index (χ3n) is 2.78. The number of hydrogen-bond donors (Lipinski definition) is 1. The molecule has 0 aromatic heterocycles. The minimum Gasteiger partial charge on any atom is -0.327 e. The summed E-state index contributed by atoms with van der Waals surface area (Å²) in [4.78, 5) is 12.7. The first-order valence-corrected chi connectivity index (χ1v) is 6.45. The van der Waals surface area contributed by atoms with Gasteiger partial charge >= 0.3 is 12.2 Å². The van der Waals surface area contributed by atoms with E-state index in [1.54, 1.807) is 11.4 Å². The molecular formula is C13H12ClF4N3O. The van der Waals surface area contributed by atoms with Crippen molar-refractivity contribution in [2.24, 2.45) is 0 Å². The van der Waals surface area contributed by atoms with E-state index in [0.29, 0.717) is 0 Å². The van der Waals surface area contributed by atoms with Gasteiger partial charge in [0.15, 0.2) is 6.04 Å². The van der Waals surface area contributed by atoms with Crippen LogP contribution in [0.25, 0.3) is 0 Å². The Balaban J connectivity index is 2.98. The molecule has 0 aliphatic carbocycles. The van der Waals surface area contributed by atoms with Crippen LogP contribution in [0.3, 0.4) is 0 Å². The highest BCUT2D eigenvalue weighted by molar-refractivity contribution is 6.30. The van der Waals surface area contributed by atoms with Gasteiger partial charge in [0.1, 0.15) is 5.82 Å². The third-order valence-corrected chi connectivity index (χ3v) is 3.07. The van der Waals surface area contributed by atoms with Crippen LogP contribution in [-0.2, 0) is 0 Å². The van der Waals surface area contributed by atoms with E-state index in [-0.39, 0.29) is 18.5 Å². The number of hydrogen-bond acceptors (Lipinski definition) is 2. The summed E-state index contributed by atoms with van der Waals surface area (Å²) in [5, 5.41) is 9.73. The SMILES string of the molecule is CN(CCC#N)C(=O)NC(c1ccc(F)c(Cl)c1)C(F)(F)F. The average molecular weight is 338 g/mol. The Labute approximate surface area is 129 Å². The van der Waals surface area contributed by atoms with Gasteiger partial charge in [0.2, 0.25) is 0 Å². The average Bonchev–Trinajstić information content (AvgIpc) is 2.43. The van der Waals surface area contributed by atoms with E-state index < -0.39 is 29.1 Å². The van der Waals surface area contributed by atoms with Gasteiger partial charge in [0, 0.05) is 13.6 Å². The molecule has 0 heterocycles. The second kappa shape index (κ2) is 7.31. The van der Waals surface area contributed by atoms with Gasteiger partial charge in [0.25, 0.3) is 0 Å². The molecule has 1 aromatic carbocycles. The number of carbonyl (C=O) groups is 1. The Morgan fingerprint density at radius 2 is 2.14 bits per heavy atom. The van der Waals surface area contributed by atoms with Crippen LogP contribution in [0.2, 0.25) is 5.02 Å². The zero-order valence-electron chi connectivity index (χ0n) is 11.4. The van der Waals surface area contributed by atoms with E-state index in [0.717, 1.165) is 23.1 Å². The molecule has 0 radical (unpaired) electrons. The molecule has 0 saturated carbocycles. The van der Waals surface area contributed by atoms with Gasteiger partial charge in [-0.25, -0.2) is 9.18 Å². The zero-order chi connectivity index (χ0) is 16.9. The maximum absolute atomic E-state index is 13.1. The van der Waals surface area contributed by atoms with Crippen LogP contribution in [0.15, 0.2) is 18.2 Å². The molecule has 0 aliphatic heterocycles. The normalized spacial score (nSPS) is 12.4. The minimum absolute atomic E-state index is 0.0109. The molecule has 0 fully saturated rings. The smallest absolute Gasteiger partial charge is 0.327 e. The van der Waals surface area contributed by atoms with Gasteiger partial charge in [-0.2, -0.15) is 18.4 Å². The standard InChI is InChI=1S/C13H12ClF4N3O/c1-21(6-2-5-19)12(22)20-11(13(16,17)18)8-3-4-10(15)9(14)7-8/h3-4,7,11H,2,6H2,1H3,(H,20,22). The lowest BCUT2D eigenvalue weighted by atomic mass is 10.1. The topological polar surface area (TPSA) is 56.1 Å². The Hall–Kier alpha value is -2.01. The molecule has 1 atom stereocenters. The lowest BCUT2D eigenvalue weighted by Crippen LogP contribution is -2.44. The van der Waals surface area contributed by atoms with Gasteiger partial charge in [-0.3, -0.25) is 0 Å². The van der Waals surface area contributed by atoms with Crippen molar-refractivity contribution in [2.45, 2.75) is 18.6 Å². The molecular weight excluding hydrogens is 326 g/mol. The fourth-order valence-electron chi connectivity index (χ4n) is 1.60. The van der Waals surface area contributed by atoms with E-state index in [2.05, 4.69) is 0 Å². The summed E-state index contributed by atoms with van der Waals surface area (Å²) in [6, 6.07) is 0.948. The highest BCUT2D eigenvalue weighted by Crippen LogP contribution is 2.34. The Morgan fingerprint density at radius 1 is 1.50 bits per heavy atom. The van der Waals surface area contributed by atoms with E-state index in [4.69, 9.17) is 16.9 Å². The van der Waals surface area contributed by atoms with Gasteiger partial charge in [0.05, 0.1) is 17.5 Å². The van der Waals surface area contributed by atoms with Crippen LogP contribution < -0.4 is 5.32 Å². The summed E-state index contributed by atoms with van der Waals surface area (Å²) >= 11 is 5.47. The van der Waals surface area contributed by atoms with Crippen LogP contribution in [0.1, 0.15) is 18.0 Å². The maximum atomic E-state index is 13.1. The van der Waals surface area contributed by atoms with E-state index in [1.807, 2.05) is 0 Å². The van der Waals surface area contributed by atoms with Gasteiger partial charge in [-0.15, -0.1) is 0 Å². The van der Waals surface area contributed by atoms with E-state index in [9.17, 15) is 22.4 Å². The number of benzene rings is 1. The predicted molar refractivity (Wildman–Crippen MR) is 71.6 cm³/mol. The Bertz CT molecular complexity index is 586. The monoisotopic (exact) mass is 337 g/mol. The van der Waals surface area contributed by atoms with E-state index >= 15 is 0 Å². The number of amides is 2. The van der Waals surface area contributed by atoms with Crippen molar-refractivity contribution in [3.05, 3.63) is 34.6 Å². The van der Waals surface area contributed by atoms with E-state index in [1.165, 1.54) is 7.05 Å². The van der Waals surface area contributed by atoms with Gasteiger partial charge in [-0.1, -0.05) is 17.7 Å². The second-order valence-electron chi connectivity index (χ2n) is 4.43. The first-order valence-electron chi connectivity index (χ1n) is 6.07. The number of carbonyl (C=O) groups excluding carboxylic acids is 1. The van der Waals surface area contributed by atoms with Crippen molar-refractivity contribution < 1.29 is 22.4 Å². The number of urea groups is 1. The summed E-state index contributed by atoms with van der Waals surface area (Å²) in [5.41, 5.74) is -0.388. The molecule has 1 N–H and O–H groups in total. The molecule has 1 aromatic rings. The molecule has 1 unspecified atom stereocenters. The number of rotatable bonds is 4. The van der Waals surface area contributed by atoms with Crippen LogP contribution >= 0.6 is 11.6 Å². The molecule has 0 spiro atoms. The Kier molecular flexibility index (Phi) is 6.00. The minimum atomic E-state index is -4.78. The van der Waals surface area contributed by atoms with Crippen molar-refractivity contribution in [3.63, 3.8) is 0 Å². The number of nitriles is 1. The molecule has 22 heavy (non-hydrogen) atoms. The fourth-order valence-corrected chi connectivity index (χ4v) is 1.79. The van der Waals surface area contributed by atoms with Gasteiger partial charge in [-0.05, 0) is 17.7 Å². The summed E-state index contributed by atoms with van der Waals surface area (Å²) in [6.45, 7) is -0.0168. The second-order valence-corrected chi connectivity index (χ2v) is 4.83.